The molecule has 1 aromatic rings. The van der Waals surface area contributed by atoms with E-state index in [9.17, 15) is 18.3 Å². The van der Waals surface area contributed by atoms with Crippen LogP contribution in [0.3, 0.4) is 0 Å². The molecular weight excluding hydrogens is 323 g/mol. The van der Waals surface area contributed by atoms with E-state index in [1.54, 1.807) is 25.9 Å². The molecule has 0 aliphatic carbocycles. The predicted octanol–water partition coefficient (Wildman–Crippen LogP) is 1.45. The molecule has 1 fully saturated rings. The minimum atomic E-state index is -4.51. The van der Waals surface area contributed by atoms with Gasteiger partial charge in [-0.3, -0.25) is 4.90 Å². The number of halogens is 3. The highest BCUT2D eigenvalue weighted by atomic mass is 19.4. The Kier molecular flexibility index (Phi) is 5.54. The molecule has 2 unspecified atom stereocenters. The van der Waals surface area contributed by atoms with Crippen LogP contribution in [-0.2, 0) is 6.18 Å². The Morgan fingerprint density at radius 1 is 1.33 bits per heavy atom. The Labute approximate surface area is 139 Å². The van der Waals surface area contributed by atoms with Crippen molar-refractivity contribution in [3.8, 4) is 0 Å². The summed E-state index contributed by atoms with van der Waals surface area (Å²) < 4.78 is 39.4. The lowest BCUT2D eigenvalue weighted by molar-refractivity contribution is -0.141. The number of piperazine rings is 1. The lowest BCUT2D eigenvalue weighted by Gasteiger charge is -2.40. The third-order valence-corrected chi connectivity index (χ3v) is 3.94. The summed E-state index contributed by atoms with van der Waals surface area (Å²) in [6.45, 7) is 5.99. The first-order chi connectivity index (χ1) is 11.1. The second-order valence-electron chi connectivity index (χ2n) is 6.45. The van der Waals surface area contributed by atoms with Crippen LogP contribution in [0, 0.1) is 0 Å². The van der Waals surface area contributed by atoms with Crippen molar-refractivity contribution in [2.45, 2.75) is 32.2 Å². The number of anilines is 2. The first kappa shape index (κ1) is 18.7. The SMILES string of the molecule is CC(O)CN1CCN(c2nc(N(C)C)cc(C(F)(F)F)n2)C(C)C1. The Morgan fingerprint density at radius 3 is 2.50 bits per heavy atom. The number of alkyl halides is 3. The van der Waals surface area contributed by atoms with Gasteiger partial charge in [0.15, 0.2) is 5.69 Å². The highest BCUT2D eigenvalue weighted by Crippen LogP contribution is 2.31. The molecule has 0 radical (unpaired) electrons. The highest BCUT2D eigenvalue weighted by molar-refractivity contribution is 5.46. The number of aromatic nitrogens is 2. The number of hydrogen-bond acceptors (Lipinski definition) is 6. The molecule has 9 heteroatoms. The third kappa shape index (κ3) is 4.47. The molecule has 2 rings (SSSR count). The van der Waals surface area contributed by atoms with E-state index in [0.29, 0.717) is 26.2 Å². The summed E-state index contributed by atoms with van der Waals surface area (Å²) in [5.74, 6) is 0.323. The molecular formula is C15H24F3N5O. The van der Waals surface area contributed by atoms with E-state index in [1.807, 2.05) is 6.92 Å². The molecule has 1 aliphatic rings. The van der Waals surface area contributed by atoms with Gasteiger partial charge in [-0.05, 0) is 13.8 Å². The molecule has 0 amide bonds. The third-order valence-electron chi connectivity index (χ3n) is 3.94. The quantitative estimate of drug-likeness (QED) is 0.890. The van der Waals surface area contributed by atoms with Gasteiger partial charge in [-0.25, -0.2) is 4.98 Å². The van der Waals surface area contributed by atoms with Gasteiger partial charge in [0.25, 0.3) is 0 Å². The van der Waals surface area contributed by atoms with Crippen molar-refractivity contribution in [2.75, 3.05) is 50.1 Å². The van der Waals surface area contributed by atoms with E-state index in [-0.39, 0.29) is 17.8 Å². The van der Waals surface area contributed by atoms with Crippen LogP contribution in [0.2, 0.25) is 0 Å². The number of β-amino-alcohol motifs (C(OH)–C–C–N with tert-alkyl or cyclic N) is 1. The summed E-state index contributed by atoms with van der Waals surface area (Å²) in [5.41, 5.74) is -0.935. The molecule has 0 bridgehead atoms. The van der Waals surface area contributed by atoms with Crippen molar-refractivity contribution in [3.05, 3.63) is 11.8 Å². The molecule has 2 heterocycles. The summed E-state index contributed by atoms with van der Waals surface area (Å²) in [5, 5.41) is 9.49. The first-order valence-corrected chi connectivity index (χ1v) is 7.88. The van der Waals surface area contributed by atoms with Crippen LogP contribution in [0.25, 0.3) is 0 Å². The summed E-state index contributed by atoms with van der Waals surface area (Å²) in [7, 11) is 3.30. The van der Waals surface area contributed by atoms with Gasteiger partial charge < -0.3 is 14.9 Å². The van der Waals surface area contributed by atoms with Crippen molar-refractivity contribution in [3.63, 3.8) is 0 Å². The highest BCUT2D eigenvalue weighted by Gasteiger charge is 2.35. The van der Waals surface area contributed by atoms with Crippen molar-refractivity contribution in [1.82, 2.24) is 14.9 Å². The van der Waals surface area contributed by atoms with E-state index in [0.717, 1.165) is 6.07 Å². The zero-order chi connectivity index (χ0) is 18.1. The Hall–Kier alpha value is -1.61. The molecule has 0 spiro atoms. The minimum Gasteiger partial charge on any atom is -0.392 e. The fourth-order valence-electron chi connectivity index (χ4n) is 2.79. The molecule has 1 aromatic heterocycles. The van der Waals surface area contributed by atoms with Crippen LogP contribution in [0.5, 0.6) is 0 Å². The lowest BCUT2D eigenvalue weighted by atomic mass is 10.2. The van der Waals surface area contributed by atoms with Gasteiger partial charge in [-0.15, -0.1) is 0 Å². The molecule has 0 aromatic carbocycles. The average Bonchev–Trinajstić information content (AvgIpc) is 2.45. The minimum absolute atomic E-state index is 0.0454. The van der Waals surface area contributed by atoms with Crippen molar-refractivity contribution < 1.29 is 18.3 Å². The van der Waals surface area contributed by atoms with Crippen LogP contribution in [-0.4, -0.2) is 72.4 Å². The summed E-state index contributed by atoms with van der Waals surface area (Å²) in [4.78, 5) is 13.4. The first-order valence-electron chi connectivity index (χ1n) is 7.88. The Bertz CT molecular complexity index is 565. The monoisotopic (exact) mass is 347 g/mol. The topological polar surface area (TPSA) is 55.7 Å². The van der Waals surface area contributed by atoms with E-state index in [2.05, 4.69) is 14.9 Å². The fourth-order valence-corrected chi connectivity index (χ4v) is 2.79. The number of hydrogen-bond donors (Lipinski definition) is 1. The van der Waals surface area contributed by atoms with Gasteiger partial charge in [0.1, 0.15) is 5.82 Å². The summed E-state index contributed by atoms with van der Waals surface area (Å²) in [6, 6.07) is 0.911. The van der Waals surface area contributed by atoms with Crippen LogP contribution < -0.4 is 9.80 Å². The number of rotatable bonds is 4. The molecule has 1 saturated heterocycles. The lowest BCUT2D eigenvalue weighted by Crippen LogP contribution is -2.54. The Balaban J connectivity index is 2.26. The zero-order valence-corrected chi connectivity index (χ0v) is 14.4. The molecule has 2 atom stereocenters. The molecule has 6 nitrogen and oxygen atoms in total. The number of nitrogens with zero attached hydrogens (tertiary/aromatic N) is 5. The zero-order valence-electron chi connectivity index (χ0n) is 14.4. The average molecular weight is 347 g/mol. The van der Waals surface area contributed by atoms with E-state index in [4.69, 9.17) is 0 Å². The predicted molar refractivity (Wildman–Crippen MR) is 86.3 cm³/mol. The van der Waals surface area contributed by atoms with Crippen molar-refractivity contribution in [1.29, 1.82) is 0 Å². The van der Waals surface area contributed by atoms with E-state index >= 15 is 0 Å². The molecule has 136 valence electrons. The van der Waals surface area contributed by atoms with Gasteiger partial charge in [0.05, 0.1) is 6.10 Å². The van der Waals surface area contributed by atoms with Gasteiger partial charge >= 0.3 is 6.18 Å². The molecule has 1 N–H and O–H groups in total. The van der Waals surface area contributed by atoms with E-state index in [1.165, 1.54) is 4.90 Å². The van der Waals surface area contributed by atoms with Crippen molar-refractivity contribution >= 4 is 11.8 Å². The smallest absolute Gasteiger partial charge is 0.392 e. The van der Waals surface area contributed by atoms with Gasteiger partial charge in [-0.2, -0.15) is 18.2 Å². The van der Waals surface area contributed by atoms with Crippen LogP contribution >= 0.6 is 0 Å². The largest absolute Gasteiger partial charge is 0.433 e. The molecule has 0 saturated carbocycles. The summed E-state index contributed by atoms with van der Waals surface area (Å²) in [6.07, 6.45) is -4.95. The second-order valence-corrected chi connectivity index (χ2v) is 6.45. The molecule has 1 aliphatic heterocycles. The van der Waals surface area contributed by atoms with E-state index < -0.39 is 18.0 Å². The van der Waals surface area contributed by atoms with Gasteiger partial charge in [-0.1, -0.05) is 0 Å². The number of aliphatic hydroxyl groups excluding tert-OH is 1. The molecule has 24 heavy (non-hydrogen) atoms. The summed E-state index contributed by atoms with van der Waals surface area (Å²) >= 11 is 0. The van der Waals surface area contributed by atoms with Gasteiger partial charge in [0.2, 0.25) is 5.95 Å². The van der Waals surface area contributed by atoms with Crippen LogP contribution in [0.1, 0.15) is 19.5 Å². The van der Waals surface area contributed by atoms with Crippen molar-refractivity contribution in [2.24, 2.45) is 0 Å². The maximum absolute atomic E-state index is 13.1. The fraction of sp³-hybridized carbons (Fsp3) is 0.733. The second kappa shape index (κ2) is 7.10. The maximum Gasteiger partial charge on any atom is 0.433 e. The van der Waals surface area contributed by atoms with Crippen LogP contribution in [0.4, 0.5) is 24.9 Å². The number of aliphatic hydroxyl groups is 1. The normalized spacial score (nSPS) is 21.0. The maximum atomic E-state index is 13.1. The standard InChI is InChI=1S/C15H24F3N5O/c1-10-8-22(9-11(2)24)5-6-23(10)14-19-12(15(16,17)18)7-13(20-14)21(3)4/h7,10-11,24H,5-6,8-9H2,1-4H3. The van der Waals surface area contributed by atoms with Gasteiger partial charge in [0, 0.05) is 52.4 Å². The van der Waals surface area contributed by atoms with Crippen LogP contribution in [0.15, 0.2) is 6.07 Å². The Morgan fingerprint density at radius 2 is 2.00 bits per heavy atom.